The molecule has 0 bridgehead atoms. The molecular formula is C23H28N2OS. The van der Waals surface area contributed by atoms with Gasteiger partial charge < -0.3 is 4.74 Å². The van der Waals surface area contributed by atoms with Crippen LogP contribution in [0.1, 0.15) is 62.0 Å². The van der Waals surface area contributed by atoms with Gasteiger partial charge in [-0.25, -0.2) is 4.98 Å². The fourth-order valence-electron chi connectivity index (χ4n) is 3.74. The summed E-state index contributed by atoms with van der Waals surface area (Å²) in [6.45, 7) is 8.09. The van der Waals surface area contributed by atoms with E-state index in [1.54, 1.807) is 11.3 Å². The van der Waals surface area contributed by atoms with E-state index < -0.39 is 0 Å². The van der Waals surface area contributed by atoms with Crippen molar-refractivity contribution in [1.29, 1.82) is 0 Å². The highest BCUT2D eigenvalue weighted by Gasteiger charge is 2.33. The van der Waals surface area contributed by atoms with Crippen molar-refractivity contribution in [2.45, 2.75) is 58.3 Å². The standard InChI is InChI=1S/C23H28N2OS/c1-4-26-17(3)23-24-21(15-27-23)14-25(22-11-12-22)16(2)19-10-9-18-7-5-6-8-20(18)13-19/h5-10,13,15-17,22H,4,11-12,14H2,1-3H3. The molecule has 0 N–H and O–H groups in total. The minimum Gasteiger partial charge on any atom is -0.372 e. The lowest BCUT2D eigenvalue weighted by atomic mass is 10.0. The maximum atomic E-state index is 5.70. The van der Waals surface area contributed by atoms with Crippen molar-refractivity contribution in [1.82, 2.24) is 9.88 Å². The summed E-state index contributed by atoms with van der Waals surface area (Å²) in [4.78, 5) is 7.48. The van der Waals surface area contributed by atoms with E-state index in [0.717, 1.165) is 18.2 Å². The maximum Gasteiger partial charge on any atom is 0.122 e. The molecule has 3 nitrogen and oxygen atoms in total. The highest BCUT2D eigenvalue weighted by Crippen LogP contribution is 2.36. The number of hydrogen-bond acceptors (Lipinski definition) is 4. The minimum absolute atomic E-state index is 0.0843. The summed E-state index contributed by atoms with van der Waals surface area (Å²) in [5.41, 5.74) is 2.56. The number of benzene rings is 2. The molecule has 1 aromatic heterocycles. The van der Waals surface area contributed by atoms with Crippen LogP contribution in [-0.4, -0.2) is 22.5 Å². The smallest absolute Gasteiger partial charge is 0.122 e. The van der Waals surface area contributed by atoms with Gasteiger partial charge in [-0.15, -0.1) is 11.3 Å². The molecule has 2 unspecified atom stereocenters. The van der Waals surface area contributed by atoms with Crippen molar-refractivity contribution < 1.29 is 4.74 Å². The molecule has 0 saturated heterocycles. The molecule has 4 rings (SSSR count). The van der Waals surface area contributed by atoms with Crippen LogP contribution in [0, 0.1) is 0 Å². The summed E-state index contributed by atoms with van der Waals surface area (Å²) in [6, 6.07) is 16.5. The van der Waals surface area contributed by atoms with Crippen molar-refractivity contribution in [3.63, 3.8) is 0 Å². The van der Waals surface area contributed by atoms with Crippen LogP contribution in [0.4, 0.5) is 0 Å². The Morgan fingerprint density at radius 2 is 1.93 bits per heavy atom. The third kappa shape index (κ3) is 4.23. The monoisotopic (exact) mass is 380 g/mol. The van der Waals surface area contributed by atoms with E-state index in [9.17, 15) is 0 Å². The molecule has 142 valence electrons. The van der Waals surface area contributed by atoms with Crippen molar-refractivity contribution in [2.75, 3.05) is 6.61 Å². The fourth-order valence-corrected chi connectivity index (χ4v) is 4.55. The van der Waals surface area contributed by atoms with Gasteiger partial charge in [0.2, 0.25) is 0 Å². The first-order chi connectivity index (χ1) is 13.2. The molecule has 0 aliphatic heterocycles. The Morgan fingerprint density at radius 3 is 2.67 bits per heavy atom. The van der Waals surface area contributed by atoms with Gasteiger partial charge in [0, 0.05) is 30.6 Å². The van der Waals surface area contributed by atoms with Crippen molar-refractivity contribution in [3.05, 3.63) is 64.1 Å². The van der Waals surface area contributed by atoms with Crippen LogP contribution in [0.2, 0.25) is 0 Å². The number of fused-ring (bicyclic) bond motifs is 1. The summed E-state index contributed by atoms with van der Waals surface area (Å²) in [6.07, 6.45) is 2.68. The van der Waals surface area contributed by atoms with E-state index in [-0.39, 0.29) is 6.10 Å². The number of rotatable bonds is 8. The quantitative estimate of drug-likeness (QED) is 0.471. The molecule has 27 heavy (non-hydrogen) atoms. The van der Waals surface area contributed by atoms with Gasteiger partial charge in [0.05, 0.1) is 5.69 Å². The predicted molar refractivity (Wildman–Crippen MR) is 113 cm³/mol. The first kappa shape index (κ1) is 18.6. The number of thiazole rings is 1. The summed E-state index contributed by atoms with van der Waals surface area (Å²) < 4.78 is 5.70. The molecular weight excluding hydrogens is 352 g/mol. The van der Waals surface area contributed by atoms with E-state index in [1.807, 2.05) is 6.92 Å². The third-order valence-corrected chi connectivity index (χ3v) is 6.50. The largest absolute Gasteiger partial charge is 0.372 e. The van der Waals surface area contributed by atoms with Crippen LogP contribution in [0.25, 0.3) is 10.8 Å². The first-order valence-electron chi connectivity index (χ1n) is 9.96. The van der Waals surface area contributed by atoms with Gasteiger partial charge in [0.25, 0.3) is 0 Å². The SMILES string of the molecule is CCOC(C)c1nc(CN(C2CC2)C(C)c2ccc3ccccc3c2)cs1. The van der Waals surface area contributed by atoms with Gasteiger partial charge in [0.15, 0.2) is 0 Å². The molecule has 0 spiro atoms. The Labute approximate surface area is 166 Å². The van der Waals surface area contributed by atoms with E-state index >= 15 is 0 Å². The topological polar surface area (TPSA) is 25.4 Å². The molecule has 1 aliphatic rings. The van der Waals surface area contributed by atoms with E-state index in [0.29, 0.717) is 12.1 Å². The lowest BCUT2D eigenvalue weighted by Crippen LogP contribution is -2.29. The highest BCUT2D eigenvalue weighted by atomic mass is 32.1. The Kier molecular flexibility index (Phi) is 5.58. The van der Waals surface area contributed by atoms with Crippen LogP contribution in [-0.2, 0) is 11.3 Å². The zero-order valence-electron chi connectivity index (χ0n) is 16.4. The molecule has 1 aliphatic carbocycles. The maximum absolute atomic E-state index is 5.70. The Morgan fingerprint density at radius 1 is 1.15 bits per heavy atom. The second-order valence-electron chi connectivity index (χ2n) is 7.46. The molecule has 2 atom stereocenters. The molecule has 1 fully saturated rings. The molecule has 1 saturated carbocycles. The predicted octanol–water partition coefficient (Wildman–Crippen LogP) is 6.12. The van der Waals surface area contributed by atoms with Crippen LogP contribution in [0.3, 0.4) is 0 Å². The fraction of sp³-hybridized carbons (Fsp3) is 0.435. The van der Waals surface area contributed by atoms with Crippen LogP contribution in [0.5, 0.6) is 0 Å². The Bertz CT molecular complexity index is 902. The second-order valence-corrected chi connectivity index (χ2v) is 8.35. The number of ether oxygens (including phenoxy) is 1. The molecule has 3 aromatic rings. The number of hydrogen-bond donors (Lipinski definition) is 0. The molecule has 1 heterocycles. The molecule has 4 heteroatoms. The summed E-state index contributed by atoms with van der Waals surface area (Å²) in [5.74, 6) is 0. The van der Waals surface area contributed by atoms with Gasteiger partial charge in [-0.1, -0.05) is 36.4 Å². The van der Waals surface area contributed by atoms with Gasteiger partial charge >= 0.3 is 0 Å². The minimum atomic E-state index is 0.0843. The zero-order valence-corrected chi connectivity index (χ0v) is 17.2. The van der Waals surface area contributed by atoms with E-state index in [4.69, 9.17) is 9.72 Å². The van der Waals surface area contributed by atoms with Gasteiger partial charge in [-0.2, -0.15) is 0 Å². The summed E-state index contributed by atoms with van der Waals surface area (Å²) in [5, 5.41) is 5.91. The molecule has 0 amide bonds. The lowest BCUT2D eigenvalue weighted by molar-refractivity contribution is 0.0759. The van der Waals surface area contributed by atoms with Crippen molar-refractivity contribution >= 4 is 22.1 Å². The summed E-state index contributed by atoms with van der Waals surface area (Å²) >= 11 is 1.72. The first-order valence-corrected chi connectivity index (χ1v) is 10.8. The average Bonchev–Trinajstić information content (AvgIpc) is 3.43. The van der Waals surface area contributed by atoms with E-state index in [1.165, 1.54) is 34.9 Å². The summed E-state index contributed by atoms with van der Waals surface area (Å²) in [7, 11) is 0. The van der Waals surface area contributed by atoms with Gasteiger partial charge in [0.1, 0.15) is 11.1 Å². The van der Waals surface area contributed by atoms with Crippen molar-refractivity contribution in [3.8, 4) is 0 Å². The number of aromatic nitrogens is 1. The van der Waals surface area contributed by atoms with Gasteiger partial charge in [-0.3, -0.25) is 4.90 Å². The van der Waals surface area contributed by atoms with Crippen LogP contribution < -0.4 is 0 Å². The zero-order chi connectivity index (χ0) is 18.8. The van der Waals surface area contributed by atoms with E-state index in [2.05, 4.69) is 66.6 Å². The van der Waals surface area contributed by atoms with Crippen LogP contribution >= 0.6 is 11.3 Å². The second kappa shape index (κ2) is 8.09. The van der Waals surface area contributed by atoms with Gasteiger partial charge in [-0.05, 0) is 56.0 Å². The highest BCUT2D eigenvalue weighted by molar-refractivity contribution is 7.09. The molecule has 2 aromatic carbocycles. The number of nitrogens with zero attached hydrogens (tertiary/aromatic N) is 2. The Balaban J connectivity index is 1.53. The molecule has 0 radical (unpaired) electrons. The average molecular weight is 381 g/mol. The lowest BCUT2D eigenvalue weighted by Gasteiger charge is -2.29. The normalized spacial score (nSPS) is 16.7. The van der Waals surface area contributed by atoms with Crippen molar-refractivity contribution in [2.24, 2.45) is 0 Å². The van der Waals surface area contributed by atoms with Crippen LogP contribution in [0.15, 0.2) is 47.8 Å². The Hall–Kier alpha value is -1.75. The third-order valence-electron chi connectivity index (χ3n) is 5.45.